The van der Waals surface area contributed by atoms with Crippen LogP contribution in [0.5, 0.6) is 5.75 Å². The largest absolute Gasteiger partial charge is 0.495 e. The molecule has 2 bridgehead atoms. The topological polar surface area (TPSA) is 58.6 Å². The Morgan fingerprint density at radius 2 is 1.71 bits per heavy atom. The first-order valence-corrected chi connectivity index (χ1v) is 8.61. The number of likely N-dealkylation sites (tertiary alicyclic amines) is 1. The molecule has 0 aromatic heterocycles. The maximum Gasteiger partial charge on any atom is 0.235 e. The number of allylic oxidation sites excluding steroid dienone is 2. The Bertz CT molecular complexity index is 723. The number of hydrogen-bond acceptors (Lipinski definition) is 4. The van der Waals surface area contributed by atoms with Crippen molar-refractivity contribution < 1.29 is 14.3 Å². The van der Waals surface area contributed by atoms with E-state index in [-0.39, 0.29) is 42.2 Å². The van der Waals surface area contributed by atoms with Crippen molar-refractivity contribution in [1.29, 1.82) is 0 Å². The zero-order valence-corrected chi connectivity index (χ0v) is 13.5. The second-order valence-corrected chi connectivity index (χ2v) is 7.29. The van der Waals surface area contributed by atoms with Crippen LogP contribution in [-0.2, 0) is 9.59 Å². The van der Waals surface area contributed by atoms with E-state index in [0.29, 0.717) is 17.6 Å². The number of amides is 2. The number of ether oxygens (including phenoxy) is 1. The fourth-order valence-electron chi connectivity index (χ4n) is 5.13. The van der Waals surface area contributed by atoms with Gasteiger partial charge >= 0.3 is 0 Å². The molecule has 4 aliphatic carbocycles. The fourth-order valence-corrected chi connectivity index (χ4v) is 5.13. The molecule has 3 fully saturated rings. The summed E-state index contributed by atoms with van der Waals surface area (Å²) >= 11 is 0. The van der Waals surface area contributed by atoms with Gasteiger partial charge in [0.25, 0.3) is 0 Å². The van der Waals surface area contributed by atoms with Crippen LogP contribution in [0.2, 0.25) is 0 Å². The molecule has 6 atom stereocenters. The minimum absolute atomic E-state index is 0.00269. The number of methoxy groups -OCH3 is 1. The highest BCUT2D eigenvalue weighted by Crippen LogP contribution is 2.65. The molecule has 6 rings (SSSR count). The van der Waals surface area contributed by atoms with Crippen LogP contribution in [0.4, 0.5) is 5.69 Å². The molecular weight excluding hydrogens is 304 g/mol. The van der Waals surface area contributed by atoms with Gasteiger partial charge in [0.2, 0.25) is 11.8 Å². The molecule has 1 aromatic rings. The van der Waals surface area contributed by atoms with Crippen molar-refractivity contribution in [3.63, 3.8) is 0 Å². The van der Waals surface area contributed by atoms with Crippen LogP contribution in [0.3, 0.4) is 0 Å². The number of nitrogens with one attached hydrogen (secondary N) is 1. The van der Waals surface area contributed by atoms with Crippen LogP contribution in [0.15, 0.2) is 36.4 Å². The molecule has 1 saturated heterocycles. The summed E-state index contributed by atoms with van der Waals surface area (Å²) in [6, 6.07) is 7.53. The highest BCUT2D eigenvalue weighted by Gasteiger charge is 2.66. The first-order valence-electron chi connectivity index (χ1n) is 8.61. The highest BCUT2D eigenvalue weighted by molar-refractivity contribution is 6.06. The van der Waals surface area contributed by atoms with Crippen LogP contribution in [0.25, 0.3) is 0 Å². The lowest BCUT2D eigenvalue weighted by Crippen LogP contribution is -2.40. The van der Waals surface area contributed by atoms with Crippen LogP contribution >= 0.6 is 0 Å². The predicted octanol–water partition coefficient (Wildman–Crippen LogP) is 2.12. The van der Waals surface area contributed by atoms with Gasteiger partial charge in [0, 0.05) is 0 Å². The minimum Gasteiger partial charge on any atom is -0.495 e. The van der Waals surface area contributed by atoms with Gasteiger partial charge < -0.3 is 10.1 Å². The number of carbonyl (C=O) groups excluding carboxylic acids is 2. The van der Waals surface area contributed by atoms with Crippen LogP contribution in [-0.4, -0.2) is 30.5 Å². The van der Waals surface area contributed by atoms with E-state index >= 15 is 0 Å². The van der Waals surface area contributed by atoms with Crippen molar-refractivity contribution in [3.8, 4) is 5.75 Å². The number of benzene rings is 1. The number of para-hydroxylation sites is 2. The van der Waals surface area contributed by atoms with E-state index in [1.165, 1.54) is 11.3 Å². The molecule has 1 heterocycles. The number of anilines is 1. The van der Waals surface area contributed by atoms with Gasteiger partial charge in [-0.1, -0.05) is 24.3 Å². The monoisotopic (exact) mass is 324 g/mol. The minimum atomic E-state index is -0.129. The molecule has 2 saturated carbocycles. The Hall–Kier alpha value is -2.30. The van der Waals surface area contributed by atoms with Gasteiger partial charge in [0.15, 0.2) is 0 Å². The van der Waals surface area contributed by atoms with Crippen LogP contribution in [0.1, 0.15) is 6.42 Å². The van der Waals surface area contributed by atoms with E-state index in [2.05, 4.69) is 17.5 Å². The summed E-state index contributed by atoms with van der Waals surface area (Å²) in [6.45, 7) is 0.208. The average molecular weight is 324 g/mol. The molecule has 1 aliphatic heterocycles. The van der Waals surface area contributed by atoms with E-state index in [0.717, 1.165) is 5.69 Å². The van der Waals surface area contributed by atoms with E-state index < -0.39 is 0 Å². The van der Waals surface area contributed by atoms with Crippen molar-refractivity contribution >= 4 is 17.5 Å². The summed E-state index contributed by atoms with van der Waals surface area (Å²) in [4.78, 5) is 27.2. The van der Waals surface area contributed by atoms with E-state index in [1.807, 2.05) is 24.3 Å². The van der Waals surface area contributed by atoms with Gasteiger partial charge in [-0.05, 0) is 42.2 Å². The van der Waals surface area contributed by atoms with E-state index in [4.69, 9.17) is 4.74 Å². The Kier molecular flexibility index (Phi) is 2.84. The smallest absolute Gasteiger partial charge is 0.235 e. The van der Waals surface area contributed by atoms with Gasteiger partial charge in [-0.25, -0.2) is 0 Å². The molecule has 5 heteroatoms. The second-order valence-electron chi connectivity index (χ2n) is 7.29. The standard InChI is InChI=1S/C19H20N2O3/c1-24-15-5-3-2-4-14(15)20-9-21-18(22)16-10-6-7-11(13-8-12(10)13)17(16)19(21)23/h2-7,10-13,16-17,20H,8-9H2,1H3/t10-,11-,12+,13+,16+,17+/m1/s1. The number of hydrogen-bond donors (Lipinski definition) is 1. The molecule has 24 heavy (non-hydrogen) atoms. The van der Waals surface area contributed by atoms with Crippen LogP contribution in [0, 0.1) is 35.5 Å². The molecule has 0 spiro atoms. The third kappa shape index (κ3) is 1.75. The molecule has 5 nitrogen and oxygen atoms in total. The molecule has 124 valence electrons. The van der Waals surface area contributed by atoms with E-state index in [1.54, 1.807) is 7.11 Å². The van der Waals surface area contributed by atoms with Crippen molar-refractivity contribution in [1.82, 2.24) is 4.90 Å². The molecule has 5 aliphatic rings. The summed E-state index contributed by atoms with van der Waals surface area (Å²) in [5.74, 6) is 2.27. The molecule has 2 amide bonds. The highest BCUT2D eigenvalue weighted by atomic mass is 16.5. The SMILES string of the molecule is COc1ccccc1NCN1C(=O)[C@H]2[C@@H]3C=C[C@H]([C@@H]4C[C@@H]34)[C@@H]2C1=O. The van der Waals surface area contributed by atoms with Gasteiger partial charge in [0.05, 0.1) is 31.3 Å². The zero-order valence-electron chi connectivity index (χ0n) is 13.5. The average Bonchev–Trinajstić information content (AvgIpc) is 3.39. The number of rotatable bonds is 4. The van der Waals surface area contributed by atoms with Gasteiger partial charge in [0.1, 0.15) is 5.75 Å². The molecule has 0 unspecified atom stereocenters. The number of imide groups is 1. The summed E-state index contributed by atoms with van der Waals surface area (Å²) in [5.41, 5.74) is 0.791. The summed E-state index contributed by atoms with van der Waals surface area (Å²) in [6.07, 6.45) is 5.58. The van der Waals surface area contributed by atoms with Crippen molar-refractivity contribution in [2.24, 2.45) is 35.5 Å². The lowest BCUT2D eigenvalue weighted by atomic mass is 9.63. The second kappa shape index (κ2) is 4.85. The molecule has 1 aromatic carbocycles. The quantitative estimate of drug-likeness (QED) is 0.681. The summed E-state index contributed by atoms with van der Waals surface area (Å²) < 4.78 is 5.31. The van der Waals surface area contributed by atoms with Gasteiger partial charge in [-0.3, -0.25) is 14.5 Å². The van der Waals surface area contributed by atoms with Gasteiger partial charge in [-0.2, -0.15) is 0 Å². The third-order valence-electron chi connectivity index (χ3n) is 6.29. The Balaban J connectivity index is 1.37. The Morgan fingerprint density at radius 1 is 1.08 bits per heavy atom. The maximum atomic E-state index is 12.9. The molecule has 0 radical (unpaired) electrons. The van der Waals surface area contributed by atoms with Crippen molar-refractivity contribution in [3.05, 3.63) is 36.4 Å². The van der Waals surface area contributed by atoms with E-state index in [9.17, 15) is 9.59 Å². The third-order valence-corrected chi connectivity index (χ3v) is 6.29. The molecular formula is C19H20N2O3. The summed E-state index contributed by atoms with van der Waals surface area (Å²) in [7, 11) is 1.61. The normalized spacial score (nSPS) is 38.1. The van der Waals surface area contributed by atoms with Crippen molar-refractivity contribution in [2.45, 2.75) is 6.42 Å². The summed E-state index contributed by atoms with van der Waals surface area (Å²) in [5, 5.41) is 3.19. The first-order chi connectivity index (χ1) is 11.7. The van der Waals surface area contributed by atoms with Crippen LogP contribution < -0.4 is 10.1 Å². The lowest BCUT2D eigenvalue weighted by molar-refractivity contribution is -0.139. The molecule has 1 N–H and O–H groups in total. The zero-order chi connectivity index (χ0) is 16.4. The Morgan fingerprint density at radius 3 is 2.33 bits per heavy atom. The lowest BCUT2D eigenvalue weighted by Gasteiger charge is -2.37. The fraction of sp³-hybridized carbons (Fsp3) is 0.474. The maximum absolute atomic E-state index is 12.9. The first kappa shape index (κ1) is 14.1. The number of carbonyl (C=O) groups is 2. The van der Waals surface area contributed by atoms with Gasteiger partial charge in [-0.15, -0.1) is 0 Å². The Labute approximate surface area is 140 Å². The van der Waals surface area contributed by atoms with Crippen molar-refractivity contribution in [2.75, 3.05) is 19.1 Å². The number of nitrogens with zero attached hydrogens (tertiary/aromatic N) is 1. The predicted molar refractivity (Wildman–Crippen MR) is 88.0 cm³/mol.